The Bertz CT molecular complexity index is 516. The normalized spacial score (nSPS) is 10.3. The molecule has 0 unspecified atom stereocenters. The molecule has 0 atom stereocenters. The number of anilines is 1. The van der Waals surface area contributed by atoms with Crippen molar-refractivity contribution >= 4 is 21.7 Å². The average molecular weight is 307 g/mol. The summed E-state index contributed by atoms with van der Waals surface area (Å²) in [6, 6.07) is 11.3. The van der Waals surface area contributed by atoms with E-state index >= 15 is 0 Å². The minimum atomic E-state index is 0.313. The van der Waals surface area contributed by atoms with Crippen LogP contribution in [0.4, 0.5) is 5.82 Å². The van der Waals surface area contributed by atoms with E-state index in [4.69, 9.17) is 0 Å². The largest absolute Gasteiger partial charge is 0.508 e. The highest BCUT2D eigenvalue weighted by Gasteiger charge is 2.09. The van der Waals surface area contributed by atoms with Crippen molar-refractivity contribution in [3.63, 3.8) is 0 Å². The number of halogens is 1. The number of phenolic OH excluding ortho intramolecular Hbond substituents is 1. The van der Waals surface area contributed by atoms with Crippen LogP contribution in [0.5, 0.6) is 5.75 Å². The molecule has 0 saturated heterocycles. The molecule has 0 aliphatic heterocycles. The van der Waals surface area contributed by atoms with Gasteiger partial charge in [0.2, 0.25) is 0 Å². The van der Waals surface area contributed by atoms with Gasteiger partial charge in [-0.15, -0.1) is 0 Å². The second kappa shape index (κ2) is 5.87. The van der Waals surface area contributed by atoms with Crippen molar-refractivity contribution in [2.75, 3.05) is 11.4 Å². The molecule has 94 valence electrons. The van der Waals surface area contributed by atoms with E-state index in [-0.39, 0.29) is 0 Å². The zero-order valence-corrected chi connectivity index (χ0v) is 11.8. The van der Waals surface area contributed by atoms with Gasteiger partial charge < -0.3 is 10.0 Å². The van der Waals surface area contributed by atoms with Crippen molar-refractivity contribution in [1.82, 2.24) is 4.98 Å². The van der Waals surface area contributed by atoms with E-state index in [1.165, 1.54) is 0 Å². The fourth-order valence-electron chi connectivity index (χ4n) is 1.78. The van der Waals surface area contributed by atoms with Gasteiger partial charge in [-0.1, -0.05) is 22.0 Å². The zero-order valence-electron chi connectivity index (χ0n) is 10.2. The first-order valence-corrected chi connectivity index (χ1v) is 6.63. The Morgan fingerprint density at radius 2 is 2.11 bits per heavy atom. The third-order valence-corrected chi connectivity index (χ3v) is 3.25. The molecular formula is C14H15BrN2O. The van der Waals surface area contributed by atoms with Crippen LogP contribution in [0.3, 0.4) is 0 Å². The molecule has 0 aliphatic rings. The molecule has 18 heavy (non-hydrogen) atoms. The molecule has 0 aliphatic carbocycles. The Balaban J connectivity index is 2.23. The Hall–Kier alpha value is -1.55. The molecule has 0 radical (unpaired) electrons. The summed E-state index contributed by atoms with van der Waals surface area (Å²) in [5, 5.41) is 9.86. The Labute approximate surface area is 115 Å². The molecule has 1 N–H and O–H groups in total. The van der Waals surface area contributed by atoms with Gasteiger partial charge in [-0.25, -0.2) is 4.98 Å². The van der Waals surface area contributed by atoms with E-state index < -0.39 is 0 Å². The molecule has 0 bridgehead atoms. The van der Waals surface area contributed by atoms with Gasteiger partial charge in [-0.3, -0.25) is 0 Å². The number of aromatic nitrogens is 1. The molecule has 3 nitrogen and oxygen atoms in total. The van der Waals surface area contributed by atoms with Crippen molar-refractivity contribution in [2.24, 2.45) is 0 Å². The number of nitrogens with zero attached hydrogens (tertiary/aromatic N) is 2. The highest BCUT2D eigenvalue weighted by atomic mass is 79.9. The monoisotopic (exact) mass is 306 g/mol. The van der Waals surface area contributed by atoms with Crippen molar-refractivity contribution in [3.8, 4) is 5.75 Å². The van der Waals surface area contributed by atoms with Gasteiger partial charge in [0, 0.05) is 29.3 Å². The summed E-state index contributed by atoms with van der Waals surface area (Å²) in [7, 11) is 0. The van der Waals surface area contributed by atoms with E-state index in [1.807, 2.05) is 30.3 Å². The van der Waals surface area contributed by atoms with Gasteiger partial charge in [0.25, 0.3) is 0 Å². The maximum absolute atomic E-state index is 9.86. The minimum absolute atomic E-state index is 0.313. The van der Waals surface area contributed by atoms with Crippen LogP contribution in [0.15, 0.2) is 47.1 Å². The Morgan fingerprint density at radius 1 is 1.28 bits per heavy atom. The highest BCUT2D eigenvalue weighted by Crippen LogP contribution is 2.24. The summed E-state index contributed by atoms with van der Waals surface area (Å²) in [4.78, 5) is 6.44. The SMILES string of the molecule is CCN(Cc1cc(Br)ccc1O)c1ccccn1. The van der Waals surface area contributed by atoms with Gasteiger partial charge in [-0.05, 0) is 37.3 Å². The zero-order chi connectivity index (χ0) is 13.0. The summed E-state index contributed by atoms with van der Waals surface area (Å²) < 4.78 is 0.965. The summed E-state index contributed by atoms with van der Waals surface area (Å²) in [6.45, 7) is 3.55. The molecule has 2 rings (SSSR count). The molecule has 1 aromatic carbocycles. The Morgan fingerprint density at radius 3 is 2.78 bits per heavy atom. The maximum Gasteiger partial charge on any atom is 0.128 e. The summed E-state index contributed by atoms with van der Waals surface area (Å²) in [5.41, 5.74) is 0.886. The highest BCUT2D eigenvalue weighted by molar-refractivity contribution is 9.10. The summed E-state index contributed by atoms with van der Waals surface area (Å²) in [5.74, 6) is 1.23. The number of rotatable bonds is 4. The lowest BCUT2D eigenvalue weighted by Gasteiger charge is -2.22. The lowest BCUT2D eigenvalue weighted by molar-refractivity contribution is 0.467. The number of phenols is 1. The van der Waals surface area contributed by atoms with Crippen LogP contribution in [0, 0.1) is 0 Å². The van der Waals surface area contributed by atoms with E-state index in [1.54, 1.807) is 12.3 Å². The van der Waals surface area contributed by atoms with Crippen LogP contribution >= 0.6 is 15.9 Å². The van der Waals surface area contributed by atoms with Crippen LogP contribution < -0.4 is 4.90 Å². The number of pyridine rings is 1. The van der Waals surface area contributed by atoms with Crippen molar-refractivity contribution in [2.45, 2.75) is 13.5 Å². The Kier molecular flexibility index (Phi) is 4.20. The van der Waals surface area contributed by atoms with Crippen molar-refractivity contribution < 1.29 is 5.11 Å². The van der Waals surface area contributed by atoms with Crippen molar-refractivity contribution in [1.29, 1.82) is 0 Å². The van der Waals surface area contributed by atoms with Gasteiger partial charge in [0.1, 0.15) is 11.6 Å². The molecule has 0 saturated carbocycles. The number of aromatic hydroxyl groups is 1. The van der Waals surface area contributed by atoms with Crippen LogP contribution in [-0.4, -0.2) is 16.6 Å². The first-order valence-electron chi connectivity index (χ1n) is 5.84. The minimum Gasteiger partial charge on any atom is -0.508 e. The van der Waals surface area contributed by atoms with Crippen LogP contribution in [0.25, 0.3) is 0 Å². The molecule has 2 aromatic rings. The van der Waals surface area contributed by atoms with Gasteiger partial charge in [0.05, 0.1) is 0 Å². The summed E-state index contributed by atoms with van der Waals surface area (Å²) >= 11 is 3.42. The topological polar surface area (TPSA) is 36.4 Å². The number of hydrogen-bond acceptors (Lipinski definition) is 3. The standard InChI is InChI=1S/C14H15BrN2O/c1-2-17(14-5-3-4-8-16-14)10-11-9-12(15)6-7-13(11)18/h3-9,18H,2,10H2,1H3. The maximum atomic E-state index is 9.86. The fourth-order valence-corrected chi connectivity index (χ4v) is 2.19. The summed E-state index contributed by atoms with van der Waals surface area (Å²) in [6.07, 6.45) is 1.78. The van der Waals surface area contributed by atoms with E-state index in [0.29, 0.717) is 12.3 Å². The lowest BCUT2D eigenvalue weighted by Crippen LogP contribution is -2.22. The second-order valence-electron chi connectivity index (χ2n) is 3.98. The van der Waals surface area contributed by atoms with E-state index in [9.17, 15) is 5.11 Å². The third-order valence-electron chi connectivity index (χ3n) is 2.76. The van der Waals surface area contributed by atoms with Gasteiger partial charge >= 0.3 is 0 Å². The molecule has 0 spiro atoms. The molecule has 0 fully saturated rings. The molecule has 1 heterocycles. The first-order chi connectivity index (χ1) is 8.70. The predicted octanol–water partition coefficient (Wildman–Crippen LogP) is 3.58. The molecular weight excluding hydrogens is 292 g/mol. The molecule has 0 amide bonds. The quantitative estimate of drug-likeness (QED) is 0.938. The first kappa shape index (κ1) is 12.9. The predicted molar refractivity (Wildman–Crippen MR) is 76.8 cm³/mol. The van der Waals surface area contributed by atoms with Gasteiger partial charge in [0.15, 0.2) is 0 Å². The number of benzene rings is 1. The molecule has 4 heteroatoms. The van der Waals surface area contributed by atoms with Gasteiger partial charge in [-0.2, -0.15) is 0 Å². The average Bonchev–Trinajstić information content (AvgIpc) is 2.41. The smallest absolute Gasteiger partial charge is 0.128 e. The van der Waals surface area contributed by atoms with E-state index in [2.05, 4.69) is 32.7 Å². The fraction of sp³-hybridized carbons (Fsp3) is 0.214. The molecule has 1 aromatic heterocycles. The van der Waals surface area contributed by atoms with Crippen LogP contribution in [-0.2, 0) is 6.54 Å². The lowest BCUT2D eigenvalue weighted by atomic mass is 10.2. The number of hydrogen-bond donors (Lipinski definition) is 1. The third kappa shape index (κ3) is 3.01. The van der Waals surface area contributed by atoms with Crippen molar-refractivity contribution in [3.05, 3.63) is 52.6 Å². The van der Waals surface area contributed by atoms with E-state index in [0.717, 1.165) is 22.4 Å². The van der Waals surface area contributed by atoms with Crippen LogP contribution in [0.1, 0.15) is 12.5 Å². The van der Waals surface area contributed by atoms with Crippen LogP contribution in [0.2, 0.25) is 0 Å². The second-order valence-corrected chi connectivity index (χ2v) is 4.89.